The smallest absolute Gasteiger partial charge is 0.338 e. The Labute approximate surface area is 137 Å². The van der Waals surface area contributed by atoms with Crippen molar-refractivity contribution in [3.05, 3.63) is 28.3 Å². The van der Waals surface area contributed by atoms with E-state index in [0.29, 0.717) is 12.2 Å². The molecule has 1 heterocycles. The summed E-state index contributed by atoms with van der Waals surface area (Å²) < 4.78 is 11.6. The Bertz CT molecular complexity index is 622. The van der Waals surface area contributed by atoms with Crippen LogP contribution in [0.2, 0.25) is 0 Å². The fourth-order valence-electron chi connectivity index (χ4n) is 3.87. The van der Waals surface area contributed by atoms with Gasteiger partial charge < -0.3 is 14.3 Å². The molecule has 2 aliphatic rings. The highest BCUT2D eigenvalue weighted by Crippen LogP contribution is 2.50. The maximum absolute atomic E-state index is 12.3. The third-order valence-electron chi connectivity index (χ3n) is 5.04. The molecule has 1 atom stereocenters. The third-order valence-corrected chi connectivity index (χ3v) is 5.04. The first-order valence-corrected chi connectivity index (χ1v) is 8.30. The first-order chi connectivity index (χ1) is 11.0. The van der Waals surface area contributed by atoms with Crippen LogP contribution in [-0.4, -0.2) is 25.3 Å². The fourth-order valence-corrected chi connectivity index (χ4v) is 3.87. The highest BCUT2D eigenvalue weighted by molar-refractivity contribution is 5.93. The quantitative estimate of drug-likeness (QED) is 0.681. The summed E-state index contributed by atoms with van der Waals surface area (Å²) in [6.45, 7) is 6.09. The van der Waals surface area contributed by atoms with Crippen molar-refractivity contribution in [2.24, 2.45) is 0 Å². The number of esters is 1. The number of carbonyl (C=O) groups is 1. The van der Waals surface area contributed by atoms with Gasteiger partial charge in [0, 0.05) is 12.0 Å². The Morgan fingerprint density at radius 1 is 1.43 bits per heavy atom. The van der Waals surface area contributed by atoms with Gasteiger partial charge in [0.2, 0.25) is 0 Å². The van der Waals surface area contributed by atoms with Crippen LogP contribution in [0, 0.1) is 13.8 Å². The van der Waals surface area contributed by atoms with Gasteiger partial charge >= 0.3 is 5.97 Å². The largest absolute Gasteiger partial charge is 0.487 e. The molecule has 0 aromatic heterocycles. The van der Waals surface area contributed by atoms with E-state index < -0.39 is 0 Å². The molecule has 0 saturated heterocycles. The normalized spacial score (nSPS) is 21.3. The average molecular weight is 319 g/mol. The van der Waals surface area contributed by atoms with Gasteiger partial charge in [-0.15, -0.1) is 0 Å². The molecule has 1 aromatic rings. The van der Waals surface area contributed by atoms with E-state index in [9.17, 15) is 4.79 Å². The Morgan fingerprint density at radius 2 is 2.17 bits per heavy atom. The molecule has 0 bridgehead atoms. The standard InChI is InChI=1S/C18H25NO4/c1-5-22-17(20)15-11(2)9-14-16(12(15)3)13(19-21-4)10-18(23-14)7-6-8-18/h9,13,19H,5-8,10H2,1-4H3. The average Bonchev–Trinajstić information content (AvgIpc) is 2.45. The summed E-state index contributed by atoms with van der Waals surface area (Å²) in [5, 5.41) is 0. The summed E-state index contributed by atoms with van der Waals surface area (Å²) in [7, 11) is 1.62. The van der Waals surface area contributed by atoms with E-state index in [2.05, 4.69) is 5.48 Å². The summed E-state index contributed by atoms with van der Waals surface area (Å²) in [5.74, 6) is 0.596. The van der Waals surface area contributed by atoms with E-state index in [0.717, 1.165) is 41.7 Å². The van der Waals surface area contributed by atoms with E-state index >= 15 is 0 Å². The summed E-state index contributed by atoms with van der Waals surface area (Å²) in [4.78, 5) is 17.5. The van der Waals surface area contributed by atoms with Crippen molar-refractivity contribution in [1.82, 2.24) is 5.48 Å². The van der Waals surface area contributed by atoms with Crippen LogP contribution in [0.4, 0.5) is 0 Å². The molecule has 1 saturated carbocycles. The zero-order chi connectivity index (χ0) is 16.6. The summed E-state index contributed by atoms with van der Waals surface area (Å²) in [6.07, 6.45) is 4.21. The predicted octanol–water partition coefficient (Wildman–Crippen LogP) is 3.38. The number of hydrogen-bond donors (Lipinski definition) is 1. The lowest BCUT2D eigenvalue weighted by molar-refractivity contribution is -0.0601. The summed E-state index contributed by atoms with van der Waals surface area (Å²) in [5.41, 5.74) is 6.48. The van der Waals surface area contributed by atoms with Crippen molar-refractivity contribution in [2.45, 2.75) is 58.1 Å². The molecule has 23 heavy (non-hydrogen) atoms. The molecule has 1 spiro atoms. The first-order valence-electron chi connectivity index (χ1n) is 8.30. The second kappa shape index (κ2) is 6.13. The number of hydroxylamine groups is 1. The van der Waals surface area contributed by atoms with Crippen molar-refractivity contribution < 1.29 is 19.1 Å². The highest BCUT2D eigenvalue weighted by Gasteiger charge is 2.46. The second-order valence-corrected chi connectivity index (χ2v) is 6.54. The topological polar surface area (TPSA) is 56.8 Å². The zero-order valence-electron chi connectivity index (χ0n) is 14.3. The molecule has 1 aliphatic heterocycles. The highest BCUT2D eigenvalue weighted by atomic mass is 16.6. The molecule has 1 aromatic carbocycles. The Kier molecular flexibility index (Phi) is 4.34. The first kappa shape index (κ1) is 16.3. The lowest BCUT2D eigenvalue weighted by Gasteiger charge is -2.48. The Balaban J connectivity index is 2.07. The number of rotatable bonds is 4. The molecule has 1 fully saturated rings. The predicted molar refractivity (Wildman–Crippen MR) is 86.6 cm³/mol. The van der Waals surface area contributed by atoms with Crippen molar-refractivity contribution in [3.63, 3.8) is 0 Å². The van der Waals surface area contributed by atoms with E-state index in [4.69, 9.17) is 14.3 Å². The number of aryl methyl sites for hydroxylation is 1. The van der Waals surface area contributed by atoms with Gasteiger partial charge in [-0.25, -0.2) is 4.79 Å². The SMILES string of the molecule is CCOC(=O)c1c(C)cc2c(c1C)C(NOC)CC1(CCC1)O2. The third kappa shape index (κ3) is 2.72. The number of hydrogen-bond acceptors (Lipinski definition) is 5. The molecule has 5 heteroatoms. The van der Waals surface area contributed by atoms with Crippen LogP contribution in [-0.2, 0) is 9.57 Å². The number of carbonyl (C=O) groups excluding carboxylic acids is 1. The monoisotopic (exact) mass is 319 g/mol. The second-order valence-electron chi connectivity index (χ2n) is 6.54. The zero-order valence-corrected chi connectivity index (χ0v) is 14.3. The van der Waals surface area contributed by atoms with E-state index in [1.165, 1.54) is 6.42 Å². The van der Waals surface area contributed by atoms with Crippen LogP contribution in [0.25, 0.3) is 0 Å². The van der Waals surface area contributed by atoms with Crippen LogP contribution >= 0.6 is 0 Å². The van der Waals surface area contributed by atoms with Crippen molar-refractivity contribution in [2.75, 3.05) is 13.7 Å². The van der Waals surface area contributed by atoms with Crippen LogP contribution < -0.4 is 10.2 Å². The Morgan fingerprint density at radius 3 is 2.74 bits per heavy atom. The van der Waals surface area contributed by atoms with Crippen LogP contribution in [0.1, 0.15) is 65.7 Å². The van der Waals surface area contributed by atoms with Crippen LogP contribution in [0.15, 0.2) is 6.07 Å². The molecule has 0 amide bonds. The number of benzene rings is 1. The minimum atomic E-state index is -0.273. The van der Waals surface area contributed by atoms with Crippen molar-refractivity contribution in [1.29, 1.82) is 0 Å². The molecule has 0 radical (unpaired) electrons. The molecule has 1 N–H and O–H groups in total. The van der Waals surface area contributed by atoms with Gasteiger partial charge in [-0.2, -0.15) is 5.48 Å². The van der Waals surface area contributed by atoms with Gasteiger partial charge in [-0.05, 0) is 57.2 Å². The van der Waals surface area contributed by atoms with E-state index in [1.54, 1.807) is 7.11 Å². The lowest BCUT2D eigenvalue weighted by atomic mass is 9.72. The number of ether oxygens (including phenoxy) is 2. The van der Waals surface area contributed by atoms with Crippen molar-refractivity contribution >= 4 is 5.97 Å². The van der Waals surface area contributed by atoms with Crippen LogP contribution in [0.3, 0.4) is 0 Å². The van der Waals surface area contributed by atoms with E-state index in [-0.39, 0.29) is 17.6 Å². The number of nitrogens with one attached hydrogen (secondary N) is 1. The van der Waals surface area contributed by atoms with Crippen molar-refractivity contribution in [3.8, 4) is 5.75 Å². The van der Waals surface area contributed by atoms with Crippen LogP contribution in [0.5, 0.6) is 5.75 Å². The summed E-state index contributed by atoms with van der Waals surface area (Å²) in [6, 6.07) is 2.00. The molecule has 126 valence electrons. The minimum absolute atomic E-state index is 0.0258. The van der Waals surface area contributed by atoms with Gasteiger partial charge in [0.05, 0.1) is 25.3 Å². The molecule has 1 aliphatic carbocycles. The van der Waals surface area contributed by atoms with Gasteiger partial charge in [-0.3, -0.25) is 0 Å². The number of fused-ring (bicyclic) bond motifs is 1. The molecule has 5 nitrogen and oxygen atoms in total. The molecule has 3 rings (SSSR count). The maximum atomic E-state index is 12.3. The lowest BCUT2D eigenvalue weighted by Crippen LogP contribution is -2.49. The molecular formula is C18H25NO4. The summed E-state index contributed by atoms with van der Waals surface area (Å²) >= 11 is 0. The van der Waals surface area contributed by atoms with Gasteiger partial charge in [0.15, 0.2) is 0 Å². The van der Waals surface area contributed by atoms with Gasteiger partial charge in [-0.1, -0.05) is 0 Å². The van der Waals surface area contributed by atoms with E-state index in [1.807, 2.05) is 26.8 Å². The Hall–Kier alpha value is -1.59. The minimum Gasteiger partial charge on any atom is -0.487 e. The molecule has 1 unspecified atom stereocenters. The maximum Gasteiger partial charge on any atom is 0.338 e. The fraction of sp³-hybridized carbons (Fsp3) is 0.611. The molecular weight excluding hydrogens is 294 g/mol. The van der Waals surface area contributed by atoms with Gasteiger partial charge in [0.1, 0.15) is 11.4 Å². The van der Waals surface area contributed by atoms with Gasteiger partial charge in [0.25, 0.3) is 0 Å².